The number of benzene rings is 1. The minimum absolute atomic E-state index is 0.0616. The summed E-state index contributed by atoms with van der Waals surface area (Å²) in [5.41, 5.74) is 2.65. The van der Waals surface area contributed by atoms with E-state index in [4.69, 9.17) is 4.74 Å². The van der Waals surface area contributed by atoms with E-state index in [-0.39, 0.29) is 5.60 Å². The van der Waals surface area contributed by atoms with Gasteiger partial charge in [-0.1, -0.05) is 26.0 Å². The van der Waals surface area contributed by atoms with Gasteiger partial charge in [-0.15, -0.1) is 0 Å². The van der Waals surface area contributed by atoms with Crippen LogP contribution in [0.2, 0.25) is 0 Å². The lowest BCUT2D eigenvalue weighted by atomic mass is 10.0. The molecular formula is C16H25NO. The van der Waals surface area contributed by atoms with E-state index in [2.05, 4.69) is 57.3 Å². The monoisotopic (exact) mass is 247 g/mol. The van der Waals surface area contributed by atoms with Gasteiger partial charge in [0.25, 0.3) is 0 Å². The average Bonchev–Trinajstić information content (AvgIpc) is 2.67. The van der Waals surface area contributed by atoms with Crippen LogP contribution in [-0.4, -0.2) is 18.2 Å². The summed E-state index contributed by atoms with van der Waals surface area (Å²) in [6, 6.07) is 8.68. The van der Waals surface area contributed by atoms with Gasteiger partial charge in [0.15, 0.2) is 0 Å². The van der Waals surface area contributed by atoms with Crippen molar-refractivity contribution in [3.05, 3.63) is 29.8 Å². The minimum atomic E-state index is 0.0616. The molecule has 2 nitrogen and oxygen atoms in total. The summed E-state index contributed by atoms with van der Waals surface area (Å²) in [5, 5.41) is 3.49. The summed E-state index contributed by atoms with van der Waals surface area (Å²) in [6.07, 6.45) is 2.66. The van der Waals surface area contributed by atoms with Crippen molar-refractivity contribution in [3.8, 4) is 0 Å². The van der Waals surface area contributed by atoms with Crippen molar-refractivity contribution < 1.29 is 4.74 Å². The molecule has 0 saturated carbocycles. The van der Waals surface area contributed by atoms with Crippen LogP contribution in [0.25, 0.3) is 0 Å². The highest BCUT2D eigenvalue weighted by Gasteiger charge is 2.31. The van der Waals surface area contributed by atoms with E-state index in [0.717, 1.165) is 19.4 Å². The first kappa shape index (κ1) is 13.4. The number of ether oxygens (including phenoxy) is 1. The molecule has 1 unspecified atom stereocenters. The molecule has 0 aromatic heterocycles. The molecule has 1 heterocycles. The van der Waals surface area contributed by atoms with Crippen LogP contribution in [0.3, 0.4) is 0 Å². The predicted octanol–water partition coefficient (Wildman–Crippen LogP) is 4.18. The fraction of sp³-hybridized carbons (Fsp3) is 0.625. The zero-order chi connectivity index (χ0) is 13.2. The maximum atomic E-state index is 5.99. The molecule has 1 aromatic carbocycles. The molecule has 1 aliphatic heterocycles. The number of hydrogen-bond donors (Lipinski definition) is 1. The Labute approximate surface area is 111 Å². The van der Waals surface area contributed by atoms with Gasteiger partial charge in [-0.3, -0.25) is 0 Å². The molecule has 1 aliphatic rings. The molecular weight excluding hydrogens is 222 g/mol. The molecule has 18 heavy (non-hydrogen) atoms. The number of nitrogens with one attached hydrogen (secondary N) is 1. The second kappa shape index (κ2) is 5.31. The molecule has 0 radical (unpaired) electrons. The van der Waals surface area contributed by atoms with Gasteiger partial charge >= 0.3 is 0 Å². The summed E-state index contributed by atoms with van der Waals surface area (Å²) in [4.78, 5) is 0. The van der Waals surface area contributed by atoms with Crippen molar-refractivity contribution in [1.82, 2.24) is 0 Å². The fourth-order valence-corrected chi connectivity index (χ4v) is 2.46. The van der Waals surface area contributed by atoms with Crippen LogP contribution in [0.15, 0.2) is 24.3 Å². The SMILES string of the molecule is CC(C)c1cccc(NCC2CCC(C)(C)O2)c1. The van der Waals surface area contributed by atoms with Crippen molar-refractivity contribution in [2.45, 2.75) is 58.2 Å². The molecule has 100 valence electrons. The van der Waals surface area contributed by atoms with E-state index < -0.39 is 0 Å². The Morgan fingerprint density at radius 2 is 2.17 bits per heavy atom. The molecule has 0 bridgehead atoms. The van der Waals surface area contributed by atoms with E-state index in [0.29, 0.717) is 12.0 Å². The largest absolute Gasteiger partial charge is 0.382 e. The lowest BCUT2D eigenvalue weighted by Crippen LogP contribution is -2.24. The van der Waals surface area contributed by atoms with Gasteiger partial charge in [0.05, 0.1) is 11.7 Å². The highest BCUT2D eigenvalue weighted by atomic mass is 16.5. The van der Waals surface area contributed by atoms with Crippen LogP contribution < -0.4 is 5.32 Å². The van der Waals surface area contributed by atoms with Crippen LogP contribution in [0.5, 0.6) is 0 Å². The Bertz CT molecular complexity index is 398. The lowest BCUT2D eigenvalue weighted by Gasteiger charge is -2.20. The third-order valence-corrected chi connectivity index (χ3v) is 3.64. The molecule has 1 atom stereocenters. The van der Waals surface area contributed by atoms with Gasteiger partial charge < -0.3 is 10.1 Å². The van der Waals surface area contributed by atoms with Gasteiger partial charge in [0.2, 0.25) is 0 Å². The molecule has 1 saturated heterocycles. The highest BCUT2D eigenvalue weighted by Crippen LogP contribution is 2.29. The molecule has 1 N–H and O–H groups in total. The van der Waals surface area contributed by atoms with Gasteiger partial charge in [0.1, 0.15) is 0 Å². The maximum Gasteiger partial charge on any atom is 0.0755 e. The van der Waals surface area contributed by atoms with Gasteiger partial charge in [-0.2, -0.15) is 0 Å². The van der Waals surface area contributed by atoms with Crippen LogP contribution in [0, 0.1) is 0 Å². The molecule has 2 rings (SSSR count). The number of rotatable bonds is 4. The van der Waals surface area contributed by atoms with E-state index in [1.165, 1.54) is 11.3 Å². The summed E-state index contributed by atoms with van der Waals surface area (Å²) >= 11 is 0. The summed E-state index contributed by atoms with van der Waals surface area (Å²) in [7, 11) is 0. The van der Waals surface area contributed by atoms with Crippen molar-refractivity contribution in [2.24, 2.45) is 0 Å². The highest BCUT2D eigenvalue weighted by molar-refractivity contribution is 5.46. The molecule has 0 aliphatic carbocycles. The quantitative estimate of drug-likeness (QED) is 0.861. The molecule has 0 amide bonds. The van der Waals surface area contributed by atoms with Crippen LogP contribution in [0.4, 0.5) is 5.69 Å². The first-order valence-corrected chi connectivity index (χ1v) is 6.98. The maximum absolute atomic E-state index is 5.99. The van der Waals surface area contributed by atoms with Crippen molar-refractivity contribution >= 4 is 5.69 Å². The third kappa shape index (κ3) is 3.49. The number of hydrogen-bond acceptors (Lipinski definition) is 2. The van der Waals surface area contributed by atoms with E-state index >= 15 is 0 Å². The van der Waals surface area contributed by atoms with E-state index in [9.17, 15) is 0 Å². The molecule has 1 fully saturated rings. The second-order valence-electron chi connectivity index (χ2n) is 6.20. The Hall–Kier alpha value is -1.02. The second-order valence-corrected chi connectivity index (χ2v) is 6.20. The first-order chi connectivity index (χ1) is 8.46. The van der Waals surface area contributed by atoms with Gasteiger partial charge in [0, 0.05) is 12.2 Å². The Morgan fingerprint density at radius 3 is 2.78 bits per heavy atom. The van der Waals surface area contributed by atoms with Crippen LogP contribution in [-0.2, 0) is 4.74 Å². The Kier molecular flexibility index (Phi) is 3.96. The van der Waals surface area contributed by atoms with Crippen LogP contribution >= 0.6 is 0 Å². The van der Waals surface area contributed by atoms with E-state index in [1.807, 2.05) is 0 Å². The summed E-state index contributed by atoms with van der Waals surface area (Å²) in [6.45, 7) is 9.70. The summed E-state index contributed by atoms with van der Waals surface area (Å²) in [5.74, 6) is 0.577. The zero-order valence-electron chi connectivity index (χ0n) is 12.0. The lowest BCUT2D eigenvalue weighted by molar-refractivity contribution is -0.00910. The Balaban J connectivity index is 1.89. The molecule has 1 aromatic rings. The number of anilines is 1. The standard InChI is InChI=1S/C16H25NO/c1-12(2)13-6-5-7-14(10-13)17-11-15-8-9-16(3,4)18-15/h5-7,10,12,15,17H,8-9,11H2,1-4H3. The molecule has 2 heteroatoms. The van der Waals surface area contributed by atoms with Crippen molar-refractivity contribution in [2.75, 3.05) is 11.9 Å². The first-order valence-electron chi connectivity index (χ1n) is 6.98. The van der Waals surface area contributed by atoms with Crippen molar-refractivity contribution in [3.63, 3.8) is 0 Å². The molecule has 0 spiro atoms. The van der Waals surface area contributed by atoms with E-state index in [1.54, 1.807) is 0 Å². The average molecular weight is 247 g/mol. The fourth-order valence-electron chi connectivity index (χ4n) is 2.46. The Morgan fingerprint density at radius 1 is 1.39 bits per heavy atom. The smallest absolute Gasteiger partial charge is 0.0755 e. The third-order valence-electron chi connectivity index (χ3n) is 3.64. The van der Waals surface area contributed by atoms with Crippen molar-refractivity contribution in [1.29, 1.82) is 0 Å². The van der Waals surface area contributed by atoms with Gasteiger partial charge in [-0.05, 0) is 50.3 Å². The predicted molar refractivity (Wildman–Crippen MR) is 77.2 cm³/mol. The van der Waals surface area contributed by atoms with Gasteiger partial charge in [-0.25, -0.2) is 0 Å². The van der Waals surface area contributed by atoms with Crippen LogP contribution in [0.1, 0.15) is 52.0 Å². The summed E-state index contributed by atoms with van der Waals surface area (Å²) < 4.78 is 5.99. The minimum Gasteiger partial charge on any atom is -0.382 e. The normalized spacial score (nSPS) is 22.4. The topological polar surface area (TPSA) is 21.3 Å². The zero-order valence-corrected chi connectivity index (χ0v) is 12.0.